The quantitative estimate of drug-likeness (QED) is 0.873. The average Bonchev–Trinajstić information content (AvgIpc) is 2.55. The van der Waals surface area contributed by atoms with Gasteiger partial charge in [-0.1, -0.05) is 23.2 Å². The normalized spacial score (nSPS) is 16.8. The Hall–Kier alpha value is -1.73. The fourth-order valence-corrected chi connectivity index (χ4v) is 4.01. The van der Waals surface area contributed by atoms with Crippen molar-refractivity contribution in [3.05, 3.63) is 56.9 Å². The molecule has 1 aliphatic heterocycles. The Bertz CT molecular complexity index is 937. The molecule has 0 aromatic heterocycles. The molecule has 0 bridgehead atoms. The lowest BCUT2D eigenvalue weighted by atomic mass is 10.1. The summed E-state index contributed by atoms with van der Waals surface area (Å²) in [6.07, 6.45) is -0.273. The van der Waals surface area contributed by atoms with Crippen molar-refractivity contribution >= 4 is 39.1 Å². The maximum Gasteiger partial charge on any atom is 0.235 e. The van der Waals surface area contributed by atoms with Crippen molar-refractivity contribution in [2.24, 2.45) is 0 Å². The summed E-state index contributed by atoms with van der Waals surface area (Å²) in [5.74, 6) is 0.861. The van der Waals surface area contributed by atoms with Crippen LogP contribution in [0.1, 0.15) is 5.56 Å². The Labute approximate surface area is 149 Å². The minimum absolute atomic E-state index is 0.0808. The van der Waals surface area contributed by atoms with Crippen molar-refractivity contribution in [1.82, 2.24) is 0 Å². The lowest BCUT2D eigenvalue weighted by molar-refractivity contribution is 0.0188. The maximum atomic E-state index is 12.8. The van der Waals surface area contributed by atoms with Crippen LogP contribution in [-0.4, -0.2) is 26.9 Å². The van der Waals surface area contributed by atoms with Gasteiger partial charge in [-0.15, -0.1) is 0 Å². The van der Waals surface area contributed by atoms with Crippen LogP contribution < -0.4 is 9.47 Å². The van der Waals surface area contributed by atoms with Crippen molar-refractivity contribution in [3.63, 3.8) is 0 Å². The molecule has 2 aromatic carbocycles. The highest BCUT2D eigenvalue weighted by molar-refractivity contribution is 7.95. The SMILES string of the molecule is COc1ccc2c(c1)OC(O)C(S(=O)(=O)c1ccc(Cl)c(Cl)c1)=C2. The number of rotatable bonds is 3. The molecular weight excluding hydrogens is 375 g/mol. The van der Waals surface area contributed by atoms with Crippen molar-refractivity contribution in [2.45, 2.75) is 11.2 Å². The number of methoxy groups -OCH3 is 1. The molecular formula is C16H12Cl2O5S. The zero-order chi connectivity index (χ0) is 17.5. The summed E-state index contributed by atoms with van der Waals surface area (Å²) < 4.78 is 35.9. The van der Waals surface area contributed by atoms with E-state index in [1.54, 1.807) is 18.2 Å². The Balaban J connectivity index is 2.09. The van der Waals surface area contributed by atoms with Crippen LogP contribution >= 0.6 is 23.2 Å². The lowest BCUT2D eigenvalue weighted by Gasteiger charge is -2.23. The molecule has 1 aliphatic rings. The number of hydrogen-bond acceptors (Lipinski definition) is 5. The molecule has 1 heterocycles. The number of aliphatic hydroxyl groups is 1. The highest BCUT2D eigenvalue weighted by atomic mass is 35.5. The van der Waals surface area contributed by atoms with Crippen LogP contribution in [0.5, 0.6) is 11.5 Å². The zero-order valence-electron chi connectivity index (χ0n) is 12.4. The number of ether oxygens (including phenoxy) is 2. The molecule has 126 valence electrons. The molecule has 1 unspecified atom stereocenters. The van der Waals surface area contributed by atoms with Gasteiger partial charge in [0.05, 0.1) is 22.1 Å². The lowest BCUT2D eigenvalue weighted by Crippen LogP contribution is -2.27. The van der Waals surface area contributed by atoms with Crippen LogP contribution in [0, 0.1) is 0 Å². The highest BCUT2D eigenvalue weighted by Crippen LogP contribution is 2.36. The van der Waals surface area contributed by atoms with Crippen LogP contribution in [0.15, 0.2) is 46.2 Å². The predicted octanol–water partition coefficient (Wildman–Crippen LogP) is 3.53. The Kier molecular flexibility index (Phi) is 4.48. The monoisotopic (exact) mass is 386 g/mol. The first-order valence-corrected chi connectivity index (χ1v) is 9.01. The molecule has 0 saturated heterocycles. The van der Waals surface area contributed by atoms with Crippen LogP contribution in [0.25, 0.3) is 6.08 Å². The van der Waals surface area contributed by atoms with Crippen molar-refractivity contribution in [3.8, 4) is 11.5 Å². The van der Waals surface area contributed by atoms with Gasteiger partial charge in [0.1, 0.15) is 16.4 Å². The molecule has 8 heteroatoms. The Morgan fingerprint density at radius 3 is 2.54 bits per heavy atom. The van der Waals surface area contributed by atoms with E-state index in [1.807, 2.05) is 0 Å². The number of sulfone groups is 1. The third-order valence-corrected chi connectivity index (χ3v) is 6.07. The molecule has 24 heavy (non-hydrogen) atoms. The molecule has 0 saturated carbocycles. The fraction of sp³-hybridized carbons (Fsp3) is 0.125. The number of aliphatic hydroxyl groups excluding tert-OH is 1. The first kappa shape index (κ1) is 17.1. The van der Waals surface area contributed by atoms with Crippen molar-refractivity contribution < 1.29 is 23.0 Å². The smallest absolute Gasteiger partial charge is 0.235 e. The number of halogens is 2. The first-order valence-electron chi connectivity index (χ1n) is 6.77. The summed E-state index contributed by atoms with van der Waals surface area (Å²) in [6, 6.07) is 8.81. The first-order chi connectivity index (χ1) is 11.3. The highest BCUT2D eigenvalue weighted by Gasteiger charge is 2.32. The predicted molar refractivity (Wildman–Crippen MR) is 91.3 cm³/mol. The van der Waals surface area contributed by atoms with Crippen LogP contribution in [0.2, 0.25) is 10.0 Å². The van der Waals surface area contributed by atoms with Gasteiger partial charge in [0.25, 0.3) is 0 Å². The van der Waals surface area contributed by atoms with Gasteiger partial charge in [0, 0.05) is 11.6 Å². The van der Waals surface area contributed by atoms with Gasteiger partial charge in [-0.2, -0.15) is 0 Å². The summed E-state index contributed by atoms with van der Waals surface area (Å²) >= 11 is 11.7. The maximum absolute atomic E-state index is 12.8. The average molecular weight is 387 g/mol. The number of benzene rings is 2. The second kappa shape index (κ2) is 6.29. The standard InChI is InChI=1S/C16H12Cl2O5S/c1-22-10-3-2-9-6-15(16(19)23-14(9)7-10)24(20,21)11-4-5-12(17)13(18)8-11/h2-8,16,19H,1H3. The molecule has 1 N–H and O–H groups in total. The largest absolute Gasteiger partial charge is 0.497 e. The molecule has 0 radical (unpaired) electrons. The molecule has 0 fully saturated rings. The minimum atomic E-state index is -4.00. The number of hydrogen-bond donors (Lipinski definition) is 1. The summed E-state index contributed by atoms with van der Waals surface area (Å²) in [6.45, 7) is 0. The second-order valence-corrected chi connectivity index (χ2v) is 7.76. The molecule has 0 amide bonds. The van der Waals surface area contributed by atoms with E-state index in [2.05, 4.69) is 0 Å². The van der Waals surface area contributed by atoms with Gasteiger partial charge < -0.3 is 14.6 Å². The Morgan fingerprint density at radius 1 is 1.12 bits per heavy atom. The number of fused-ring (bicyclic) bond motifs is 1. The molecule has 3 rings (SSSR count). The molecule has 0 aliphatic carbocycles. The third kappa shape index (κ3) is 2.98. The van der Waals surface area contributed by atoms with E-state index in [1.165, 1.54) is 31.4 Å². The summed E-state index contributed by atoms with van der Waals surface area (Å²) in [7, 11) is -2.50. The molecule has 2 aromatic rings. The van der Waals surface area contributed by atoms with E-state index in [0.29, 0.717) is 17.1 Å². The molecule has 0 spiro atoms. The van der Waals surface area contributed by atoms with Crippen LogP contribution in [-0.2, 0) is 9.84 Å². The van der Waals surface area contributed by atoms with Gasteiger partial charge >= 0.3 is 0 Å². The molecule has 5 nitrogen and oxygen atoms in total. The summed E-state index contributed by atoms with van der Waals surface area (Å²) in [5, 5.41) is 10.5. The topological polar surface area (TPSA) is 72.8 Å². The van der Waals surface area contributed by atoms with Gasteiger partial charge in [-0.25, -0.2) is 8.42 Å². The molecule has 1 atom stereocenters. The summed E-state index contributed by atoms with van der Waals surface area (Å²) in [5.41, 5.74) is 0.514. The van der Waals surface area contributed by atoms with E-state index in [9.17, 15) is 13.5 Å². The van der Waals surface area contributed by atoms with E-state index >= 15 is 0 Å². The van der Waals surface area contributed by atoms with Gasteiger partial charge in [-0.05, 0) is 36.4 Å². The van der Waals surface area contributed by atoms with Gasteiger partial charge in [-0.3, -0.25) is 0 Å². The van der Waals surface area contributed by atoms with E-state index in [4.69, 9.17) is 32.7 Å². The van der Waals surface area contributed by atoms with Gasteiger partial charge in [0.2, 0.25) is 16.1 Å². The Morgan fingerprint density at radius 2 is 1.88 bits per heavy atom. The van der Waals surface area contributed by atoms with E-state index < -0.39 is 16.1 Å². The van der Waals surface area contributed by atoms with Crippen LogP contribution in [0.4, 0.5) is 0 Å². The zero-order valence-corrected chi connectivity index (χ0v) is 14.7. The van der Waals surface area contributed by atoms with E-state index in [0.717, 1.165) is 0 Å². The minimum Gasteiger partial charge on any atom is -0.497 e. The van der Waals surface area contributed by atoms with Crippen molar-refractivity contribution in [1.29, 1.82) is 0 Å². The second-order valence-electron chi connectivity index (χ2n) is 5.00. The van der Waals surface area contributed by atoms with Crippen molar-refractivity contribution in [2.75, 3.05) is 7.11 Å². The van der Waals surface area contributed by atoms with E-state index in [-0.39, 0.29) is 19.8 Å². The summed E-state index contributed by atoms with van der Waals surface area (Å²) in [4.78, 5) is -0.360. The fourth-order valence-electron chi connectivity index (χ4n) is 2.26. The van der Waals surface area contributed by atoms with Gasteiger partial charge in [0.15, 0.2) is 0 Å². The third-order valence-electron chi connectivity index (χ3n) is 3.51. The van der Waals surface area contributed by atoms with Crippen LogP contribution in [0.3, 0.4) is 0 Å².